The van der Waals surface area contributed by atoms with Gasteiger partial charge in [-0.05, 0) is 35.4 Å². The highest BCUT2D eigenvalue weighted by atomic mass is 16.6. The molecule has 0 saturated heterocycles. The normalized spacial score (nSPS) is 10.4. The molecule has 6 heteroatoms. The molecule has 0 atom stereocenters. The summed E-state index contributed by atoms with van der Waals surface area (Å²) in [6.07, 6.45) is 0. The average Bonchev–Trinajstić information content (AvgIpc) is 2.54. The molecule has 0 heterocycles. The van der Waals surface area contributed by atoms with Crippen LogP contribution in [0.4, 0.5) is 17.1 Å². The summed E-state index contributed by atoms with van der Waals surface area (Å²) in [4.78, 5) is 14.7. The second-order valence-electron chi connectivity index (χ2n) is 5.66. The van der Waals surface area contributed by atoms with Gasteiger partial charge in [-0.3, -0.25) is 10.1 Å². The predicted molar refractivity (Wildman–Crippen MR) is 91.9 cm³/mol. The standard InChI is InChI=1S/C17H21N3O3/c1-18(2)15-6-4-5-13(9-15)11-19(3)17-10-14(12-21)7-8-16(17)20(22)23/h4-10,21H,11-12H2,1-3H3. The van der Waals surface area contributed by atoms with Crippen LogP contribution in [0.15, 0.2) is 42.5 Å². The van der Waals surface area contributed by atoms with Crippen LogP contribution in [0.5, 0.6) is 0 Å². The number of nitrogens with zero attached hydrogens (tertiary/aromatic N) is 3. The van der Waals surface area contributed by atoms with Crippen molar-refractivity contribution < 1.29 is 10.0 Å². The molecule has 0 aromatic heterocycles. The van der Waals surface area contributed by atoms with E-state index >= 15 is 0 Å². The first-order valence-electron chi connectivity index (χ1n) is 7.28. The SMILES string of the molecule is CN(C)c1cccc(CN(C)c2cc(CO)ccc2[N+](=O)[O-])c1. The Morgan fingerprint density at radius 3 is 2.43 bits per heavy atom. The lowest BCUT2D eigenvalue weighted by atomic mass is 10.1. The van der Waals surface area contributed by atoms with Gasteiger partial charge in [-0.2, -0.15) is 0 Å². The number of nitro groups is 1. The fourth-order valence-electron chi connectivity index (χ4n) is 2.42. The molecule has 0 bridgehead atoms. The van der Waals surface area contributed by atoms with Crippen LogP contribution in [0, 0.1) is 10.1 Å². The number of hydrogen-bond donors (Lipinski definition) is 1. The first kappa shape index (κ1) is 16.8. The maximum absolute atomic E-state index is 11.2. The van der Waals surface area contributed by atoms with E-state index in [2.05, 4.69) is 6.07 Å². The maximum Gasteiger partial charge on any atom is 0.292 e. The molecule has 0 aliphatic carbocycles. The van der Waals surface area contributed by atoms with Crippen LogP contribution < -0.4 is 9.80 Å². The van der Waals surface area contributed by atoms with Crippen LogP contribution in [0.3, 0.4) is 0 Å². The van der Waals surface area contributed by atoms with E-state index in [0.717, 1.165) is 11.3 Å². The molecule has 1 N–H and O–H groups in total. The van der Waals surface area contributed by atoms with Crippen LogP contribution in [-0.4, -0.2) is 31.2 Å². The number of anilines is 2. The van der Waals surface area contributed by atoms with E-state index in [1.165, 1.54) is 6.07 Å². The number of benzene rings is 2. The maximum atomic E-state index is 11.2. The van der Waals surface area contributed by atoms with Crippen molar-refractivity contribution in [3.63, 3.8) is 0 Å². The van der Waals surface area contributed by atoms with Crippen molar-refractivity contribution in [3.8, 4) is 0 Å². The molecule has 0 aliphatic heterocycles. The molecule has 0 aliphatic rings. The molecule has 122 valence electrons. The number of aliphatic hydroxyl groups is 1. The van der Waals surface area contributed by atoms with E-state index in [-0.39, 0.29) is 12.3 Å². The third-order valence-corrected chi connectivity index (χ3v) is 3.68. The third-order valence-electron chi connectivity index (χ3n) is 3.68. The molecule has 2 rings (SSSR count). The van der Waals surface area contributed by atoms with Crippen molar-refractivity contribution in [1.29, 1.82) is 0 Å². The van der Waals surface area contributed by atoms with Crippen LogP contribution in [0.1, 0.15) is 11.1 Å². The highest BCUT2D eigenvalue weighted by molar-refractivity contribution is 5.64. The van der Waals surface area contributed by atoms with Crippen LogP contribution in [-0.2, 0) is 13.2 Å². The van der Waals surface area contributed by atoms with Crippen molar-refractivity contribution in [2.45, 2.75) is 13.2 Å². The summed E-state index contributed by atoms with van der Waals surface area (Å²) in [5.74, 6) is 0. The molecular weight excluding hydrogens is 294 g/mol. The average molecular weight is 315 g/mol. The molecule has 0 unspecified atom stereocenters. The Labute approximate surface area is 135 Å². The van der Waals surface area contributed by atoms with Gasteiger partial charge >= 0.3 is 0 Å². The minimum Gasteiger partial charge on any atom is -0.392 e. The van der Waals surface area contributed by atoms with Crippen LogP contribution in [0.2, 0.25) is 0 Å². The topological polar surface area (TPSA) is 69.8 Å². The van der Waals surface area contributed by atoms with Gasteiger partial charge in [-0.15, -0.1) is 0 Å². The summed E-state index contributed by atoms with van der Waals surface area (Å²) in [6.45, 7) is 0.395. The van der Waals surface area contributed by atoms with Gasteiger partial charge < -0.3 is 14.9 Å². The van der Waals surface area contributed by atoms with Gasteiger partial charge in [0.25, 0.3) is 5.69 Å². The summed E-state index contributed by atoms with van der Waals surface area (Å²) >= 11 is 0. The first-order chi connectivity index (χ1) is 10.9. The Hall–Kier alpha value is -2.60. The van der Waals surface area contributed by atoms with Gasteiger partial charge in [0.15, 0.2) is 0 Å². The number of nitro benzene ring substituents is 1. The minimum absolute atomic E-state index is 0.0356. The van der Waals surface area contributed by atoms with Gasteiger partial charge in [0.05, 0.1) is 11.5 Å². The fraction of sp³-hybridized carbons (Fsp3) is 0.294. The summed E-state index contributed by atoms with van der Waals surface area (Å²) < 4.78 is 0. The lowest BCUT2D eigenvalue weighted by molar-refractivity contribution is -0.384. The monoisotopic (exact) mass is 315 g/mol. The lowest BCUT2D eigenvalue weighted by Crippen LogP contribution is -2.18. The van der Waals surface area contributed by atoms with Crippen molar-refractivity contribution in [3.05, 3.63) is 63.7 Å². The van der Waals surface area contributed by atoms with Crippen molar-refractivity contribution >= 4 is 17.1 Å². The molecule has 2 aromatic rings. The van der Waals surface area contributed by atoms with E-state index < -0.39 is 4.92 Å². The second-order valence-corrected chi connectivity index (χ2v) is 5.66. The first-order valence-corrected chi connectivity index (χ1v) is 7.28. The largest absolute Gasteiger partial charge is 0.392 e. The number of aliphatic hydroxyl groups excluding tert-OH is 1. The van der Waals surface area contributed by atoms with Crippen molar-refractivity contribution in [1.82, 2.24) is 0 Å². The van der Waals surface area contributed by atoms with Gasteiger partial charge in [0.1, 0.15) is 5.69 Å². The zero-order valence-corrected chi connectivity index (χ0v) is 13.6. The van der Waals surface area contributed by atoms with Gasteiger partial charge in [0, 0.05) is 39.4 Å². The van der Waals surface area contributed by atoms with E-state index in [0.29, 0.717) is 17.8 Å². The summed E-state index contributed by atoms with van der Waals surface area (Å²) in [7, 11) is 5.75. The zero-order valence-electron chi connectivity index (χ0n) is 13.6. The fourth-order valence-corrected chi connectivity index (χ4v) is 2.42. The van der Waals surface area contributed by atoms with Crippen molar-refractivity contribution in [2.24, 2.45) is 0 Å². The Morgan fingerprint density at radius 2 is 1.83 bits per heavy atom. The van der Waals surface area contributed by atoms with E-state index in [1.807, 2.05) is 49.1 Å². The van der Waals surface area contributed by atoms with Gasteiger partial charge in [-0.25, -0.2) is 0 Å². The molecule has 2 aromatic carbocycles. The smallest absolute Gasteiger partial charge is 0.292 e. The molecule has 23 heavy (non-hydrogen) atoms. The highest BCUT2D eigenvalue weighted by Crippen LogP contribution is 2.30. The molecule has 0 radical (unpaired) electrons. The Kier molecular flexibility index (Phi) is 5.18. The molecule has 0 spiro atoms. The number of hydrogen-bond acceptors (Lipinski definition) is 5. The lowest BCUT2D eigenvalue weighted by Gasteiger charge is -2.21. The minimum atomic E-state index is -0.400. The zero-order chi connectivity index (χ0) is 17.0. The van der Waals surface area contributed by atoms with Gasteiger partial charge in [-0.1, -0.05) is 12.1 Å². The molecule has 0 saturated carbocycles. The Bertz CT molecular complexity index is 701. The predicted octanol–water partition coefficient (Wildman–Crippen LogP) is 2.79. The quantitative estimate of drug-likeness (QED) is 0.655. The molecule has 6 nitrogen and oxygen atoms in total. The van der Waals surface area contributed by atoms with Crippen molar-refractivity contribution in [2.75, 3.05) is 30.9 Å². The van der Waals surface area contributed by atoms with Crippen LogP contribution >= 0.6 is 0 Å². The Balaban J connectivity index is 2.31. The van der Waals surface area contributed by atoms with Crippen LogP contribution in [0.25, 0.3) is 0 Å². The highest BCUT2D eigenvalue weighted by Gasteiger charge is 2.18. The van der Waals surface area contributed by atoms with E-state index in [9.17, 15) is 15.2 Å². The van der Waals surface area contributed by atoms with Gasteiger partial charge in [0.2, 0.25) is 0 Å². The summed E-state index contributed by atoms with van der Waals surface area (Å²) in [5, 5.41) is 20.5. The summed E-state index contributed by atoms with van der Waals surface area (Å²) in [6, 6.07) is 12.7. The Morgan fingerprint density at radius 1 is 1.09 bits per heavy atom. The number of rotatable bonds is 6. The molecular formula is C17H21N3O3. The van der Waals surface area contributed by atoms with E-state index in [1.54, 1.807) is 12.1 Å². The second kappa shape index (κ2) is 7.11. The summed E-state index contributed by atoms with van der Waals surface area (Å²) in [5.41, 5.74) is 3.32. The molecule has 0 fully saturated rings. The third kappa shape index (κ3) is 3.98. The van der Waals surface area contributed by atoms with E-state index in [4.69, 9.17) is 0 Å². The molecule has 0 amide bonds.